The minimum atomic E-state index is -0.282. The van der Waals surface area contributed by atoms with Gasteiger partial charge in [0.1, 0.15) is 11.8 Å². The van der Waals surface area contributed by atoms with Gasteiger partial charge in [0.05, 0.1) is 24.0 Å². The van der Waals surface area contributed by atoms with Crippen molar-refractivity contribution in [2.75, 3.05) is 23.9 Å². The molecule has 1 N–H and O–H groups in total. The number of ether oxygens (including phenoxy) is 1. The van der Waals surface area contributed by atoms with Gasteiger partial charge in [0.2, 0.25) is 11.8 Å². The molecule has 2 aromatic carbocycles. The minimum Gasteiger partial charge on any atom is -0.495 e. The van der Waals surface area contributed by atoms with E-state index in [2.05, 4.69) is 11.4 Å². The van der Waals surface area contributed by atoms with Crippen molar-refractivity contribution in [3.05, 3.63) is 52.5 Å². The lowest BCUT2D eigenvalue weighted by Crippen LogP contribution is -2.32. The van der Waals surface area contributed by atoms with Crippen LogP contribution in [0.1, 0.15) is 24.5 Å². The third-order valence-corrected chi connectivity index (χ3v) is 4.42. The number of amides is 2. The Morgan fingerprint density at radius 1 is 1.30 bits per heavy atom. The molecule has 0 atom stereocenters. The van der Waals surface area contributed by atoms with E-state index >= 15 is 0 Å². The van der Waals surface area contributed by atoms with Crippen LogP contribution in [0.3, 0.4) is 0 Å². The van der Waals surface area contributed by atoms with Gasteiger partial charge in [-0.15, -0.1) is 0 Å². The Morgan fingerprint density at radius 2 is 2.00 bits per heavy atom. The lowest BCUT2D eigenvalue weighted by atomic mass is 10.1. The highest BCUT2D eigenvalue weighted by atomic mass is 35.5. The van der Waals surface area contributed by atoms with Crippen LogP contribution < -0.4 is 15.0 Å². The van der Waals surface area contributed by atoms with Gasteiger partial charge >= 0.3 is 0 Å². The number of anilines is 2. The molecule has 0 aromatic heterocycles. The summed E-state index contributed by atoms with van der Waals surface area (Å²) < 4.78 is 5.25. The fourth-order valence-corrected chi connectivity index (χ4v) is 2.76. The molecule has 0 bridgehead atoms. The number of halogens is 1. The van der Waals surface area contributed by atoms with Crippen LogP contribution in [0.4, 0.5) is 11.4 Å². The first-order chi connectivity index (χ1) is 12.9. The van der Waals surface area contributed by atoms with Crippen LogP contribution in [0, 0.1) is 18.3 Å². The highest BCUT2D eigenvalue weighted by Crippen LogP contribution is 2.31. The molecule has 0 saturated heterocycles. The largest absolute Gasteiger partial charge is 0.495 e. The lowest BCUT2D eigenvalue weighted by molar-refractivity contribution is -0.117. The van der Waals surface area contributed by atoms with Gasteiger partial charge in [-0.05, 0) is 30.7 Å². The van der Waals surface area contributed by atoms with Crippen molar-refractivity contribution in [1.82, 2.24) is 0 Å². The van der Waals surface area contributed by atoms with E-state index in [0.717, 1.165) is 5.56 Å². The average Bonchev–Trinajstić information content (AvgIpc) is 2.64. The zero-order valence-electron chi connectivity index (χ0n) is 15.4. The molecule has 27 heavy (non-hydrogen) atoms. The summed E-state index contributed by atoms with van der Waals surface area (Å²) in [5.74, 6) is -0.0710. The predicted molar refractivity (Wildman–Crippen MR) is 105 cm³/mol. The molecular formula is C20H20ClN3O3. The third-order valence-electron chi connectivity index (χ3n) is 4.01. The van der Waals surface area contributed by atoms with Crippen LogP contribution in [0.15, 0.2) is 36.4 Å². The number of benzene rings is 2. The second-order valence-electron chi connectivity index (χ2n) is 5.90. The summed E-state index contributed by atoms with van der Waals surface area (Å²) in [4.78, 5) is 25.8. The normalized spacial score (nSPS) is 10.0. The summed E-state index contributed by atoms with van der Waals surface area (Å²) in [6.45, 7) is 3.38. The Hall–Kier alpha value is -3.04. The topological polar surface area (TPSA) is 82.4 Å². The van der Waals surface area contributed by atoms with Gasteiger partial charge in [0.25, 0.3) is 0 Å². The molecule has 0 unspecified atom stereocenters. The van der Waals surface area contributed by atoms with E-state index in [9.17, 15) is 14.9 Å². The molecule has 2 rings (SSSR count). The highest BCUT2D eigenvalue weighted by molar-refractivity contribution is 6.31. The van der Waals surface area contributed by atoms with Crippen LogP contribution in [-0.2, 0) is 9.59 Å². The maximum absolute atomic E-state index is 12.4. The second-order valence-corrected chi connectivity index (χ2v) is 6.31. The number of hydrogen-bond acceptors (Lipinski definition) is 4. The van der Waals surface area contributed by atoms with Crippen LogP contribution in [0.25, 0.3) is 0 Å². The van der Waals surface area contributed by atoms with Crippen LogP contribution in [0.5, 0.6) is 5.75 Å². The number of nitrogens with one attached hydrogen (secondary N) is 1. The first-order valence-corrected chi connectivity index (χ1v) is 8.66. The first-order valence-electron chi connectivity index (χ1n) is 8.28. The molecule has 140 valence electrons. The van der Waals surface area contributed by atoms with Crippen LogP contribution in [-0.4, -0.2) is 25.5 Å². The monoisotopic (exact) mass is 385 g/mol. The van der Waals surface area contributed by atoms with Gasteiger partial charge in [-0.1, -0.05) is 23.7 Å². The number of para-hydroxylation sites is 1. The van der Waals surface area contributed by atoms with Gasteiger partial charge in [0.15, 0.2) is 0 Å². The molecule has 0 aliphatic carbocycles. The van der Waals surface area contributed by atoms with E-state index in [1.54, 1.807) is 36.4 Å². The fraction of sp³-hybridized carbons (Fsp3) is 0.250. The number of carbonyl (C=O) groups is 2. The summed E-state index contributed by atoms with van der Waals surface area (Å²) in [7, 11) is 1.49. The molecule has 7 heteroatoms. The zero-order chi connectivity index (χ0) is 20.0. The Balaban J connectivity index is 2.13. The van der Waals surface area contributed by atoms with E-state index in [1.807, 2.05) is 6.92 Å². The molecule has 0 heterocycles. The summed E-state index contributed by atoms with van der Waals surface area (Å²) in [6, 6.07) is 12.2. The number of aryl methyl sites for hydroxylation is 1. The van der Waals surface area contributed by atoms with Gasteiger partial charge in [0, 0.05) is 31.0 Å². The number of methoxy groups -OCH3 is 1. The molecule has 0 aliphatic heterocycles. The summed E-state index contributed by atoms with van der Waals surface area (Å²) in [5, 5.41) is 12.6. The van der Waals surface area contributed by atoms with Crippen molar-refractivity contribution in [2.24, 2.45) is 0 Å². The molecule has 0 saturated carbocycles. The standard InChI is InChI=1S/C20H20ClN3O3/c1-13-10-17(19(27-3)11-16(13)21)23-20(26)8-9-24(14(2)25)18-7-5-4-6-15(18)12-22/h4-7,10-11H,8-9H2,1-3H3,(H,23,26). The number of nitriles is 1. The van der Waals surface area contributed by atoms with E-state index < -0.39 is 0 Å². The number of rotatable bonds is 6. The SMILES string of the molecule is COc1cc(Cl)c(C)cc1NC(=O)CCN(C(C)=O)c1ccccc1C#N. The summed E-state index contributed by atoms with van der Waals surface area (Å²) in [6.07, 6.45) is 0.0597. The Kier molecular flexibility index (Phi) is 6.80. The Labute approximate surface area is 163 Å². The fourth-order valence-electron chi connectivity index (χ4n) is 2.61. The van der Waals surface area contributed by atoms with Crippen molar-refractivity contribution in [1.29, 1.82) is 5.26 Å². The molecule has 0 spiro atoms. The van der Waals surface area contributed by atoms with E-state index in [1.165, 1.54) is 18.9 Å². The number of nitrogens with zero attached hydrogens (tertiary/aromatic N) is 2. The number of hydrogen-bond donors (Lipinski definition) is 1. The minimum absolute atomic E-state index is 0.0597. The van der Waals surface area contributed by atoms with E-state index in [-0.39, 0.29) is 24.8 Å². The Morgan fingerprint density at radius 3 is 2.63 bits per heavy atom. The molecule has 2 aromatic rings. The molecule has 0 aliphatic rings. The first kappa shape index (κ1) is 20.3. The predicted octanol–water partition coefficient (Wildman–Crippen LogP) is 3.91. The maximum Gasteiger partial charge on any atom is 0.226 e. The van der Waals surface area contributed by atoms with Crippen LogP contribution in [0.2, 0.25) is 5.02 Å². The Bertz CT molecular complexity index is 906. The van der Waals surface area contributed by atoms with Crippen molar-refractivity contribution in [2.45, 2.75) is 20.3 Å². The quantitative estimate of drug-likeness (QED) is 0.817. The van der Waals surface area contributed by atoms with Gasteiger partial charge in [-0.2, -0.15) is 5.26 Å². The zero-order valence-corrected chi connectivity index (χ0v) is 16.1. The van der Waals surface area contributed by atoms with Gasteiger partial charge in [-0.3, -0.25) is 9.59 Å². The molecule has 0 radical (unpaired) electrons. The maximum atomic E-state index is 12.4. The van der Waals surface area contributed by atoms with Gasteiger partial charge in [-0.25, -0.2) is 0 Å². The summed E-state index contributed by atoms with van der Waals surface area (Å²) >= 11 is 6.07. The lowest BCUT2D eigenvalue weighted by Gasteiger charge is -2.22. The van der Waals surface area contributed by atoms with Crippen molar-refractivity contribution in [3.63, 3.8) is 0 Å². The van der Waals surface area contributed by atoms with Crippen molar-refractivity contribution >= 4 is 34.8 Å². The molecular weight excluding hydrogens is 366 g/mol. The summed E-state index contributed by atoms with van der Waals surface area (Å²) in [5.41, 5.74) is 2.18. The second kappa shape index (κ2) is 9.06. The highest BCUT2D eigenvalue weighted by Gasteiger charge is 2.17. The number of carbonyl (C=O) groups excluding carboxylic acids is 2. The van der Waals surface area contributed by atoms with Crippen molar-refractivity contribution in [3.8, 4) is 11.8 Å². The smallest absolute Gasteiger partial charge is 0.226 e. The van der Waals surface area contributed by atoms with Crippen LogP contribution >= 0.6 is 11.6 Å². The van der Waals surface area contributed by atoms with E-state index in [4.69, 9.17) is 16.3 Å². The molecule has 0 fully saturated rings. The van der Waals surface area contributed by atoms with Crippen molar-refractivity contribution < 1.29 is 14.3 Å². The average molecular weight is 386 g/mol. The molecule has 6 nitrogen and oxygen atoms in total. The molecule has 2 amide bonds. The third kappa shape index (κ3) is 4.99. The van der Waals surface area contributed by atoms with Gasteiger partial charge < -0.3 is 15.0 Å². The van der Waals surface area contributed by atoms with E-state index in [0.29, 0.717) is 27.7 Å².